The van der Waals surface area contributed by atoms with Gasteiger partial charge in [0.15, 0.2) is 0 Å². The van der Waals surface area contributed by atoms with Crippen LogP contribution < -0.4 is 0 Å². The molecule has 0 rings (SSSR count). The van der Waals surface area contributed by atoms with E-state index in [1.807, 2.05) is 0 Å². The molecule has 1 atom stereocenters. The summed E-state index contributed by atoms with van der Waals surface area (Å²) in [4.78, 5) is 11.0. The van der Waals surface area contributed by atoms with Crippen LogP contribution in [0.2, 0.25) is 0 Å². The molecule has 0 N–H and O–H groups in total. The van der Waals surface area contributed by atoms with Crippen molar-refractivity contribution in [1.82, 2.24) is 0 Å². The number of ether oxygens (including phenoxy) is 1. The lowest BCUT2D eigenvalue weighted by Gasteiger charge is -2.10. The Bertz CT molecular complexity index is 363. The molecule has 0 heterocycles. The Morgan fingerprint density at radius 2 is 2.06 bits per heavy atom. The summed E-state index contributed by atoms with van der Waals surface area (Å²) in [6, 6.07) is 0. The molecule has 0 aliphatic carbocycles. The molecule has 0 spiro atoms. The molecule has 0 aliphatic heterocycles. The number of rotatable bonds is 8. The number of carbonyl (C=O) groups excluding carboxylic acids is 1. The zero-order valence-electron chi connectivity index (χ0n) is 9.94. The van der Waals surface area contributed by atoms with E-state index in [9.17, 15) is 13.2 Å². The van der Waals surface area contributed by atoms with Gasteiger partial charge in [0.05, 0.1) is 18.5 Å². The first kappa shape index (κ1) is 16.4. The summed E-state index contributed by atoms with van der Waals surface area (Å²) in [6.45, 7) is 6.50. The van der Waals surface area contributed by atoms with Crippen molar-refractivity contribution in [2.45, 2.75) is 26.4 Å². The van der Waals surface area contributed by atoms with Gasteiger partial charge in [0.2, 0.25) is 0 Å². The highest BCUT2D eigenvalue weighted by molar-refractivity contribution is 7.86. The summed E-state index contributed by atoms with van der Waals surface area (Å²) in [5, 5.41) is 0. The predicted molar refractivity (Wildman–Crippen MR) is 65.4 cm³/mol. The zero-order chi connectivity index (χ0) is 13.5. The molecule has 0 fully saturated rings. The quantitative estimate of drug-likeness (QED) is 0.222. The molecule has 100 valence electrons. The maximum Gasteiger partial charge on any atom is 0.333 e. The average Bonchev–Trinajstić information content (AvgIpc) is 2.23. The van der Waals surface area contributed by atoms with Crippen molar-refractivity contribution in [1.29, 1.82) is 0 Å². The van der Waals surface area contributed by atoms with Gasteiger partial charge in [-0.3, -0.25) is 4.18 Å². The van der Waals surface area contributed by atoms with Crippen LogP contribution >= 0.6 is 11.6 Å². The van der Waals surface area contributed by atoms with Crippen LogP contribution in [0.3, 0.4) is 0 Å². The number of alkyl halides is 1. The van der Waals surface area contributed by atoms with E-state index in [-0.39, 0.29) is 30.2 Å². The lowest BCUT2D eigenvalue weighted by atomic mass is 10.4. The fourth-order valence-electron chi connectivity index (χ4n) is 0.848. The van der Waals surface area contributed by atoms with Gasteiger partial charge in [-0.25, -0.2) is 4.79 Å². The minimum Gasteiger partial charge on any atom is -0.462 e. The van der Waals surface area contributed by atoms with E-state index in [2.05, 4.69) is 6.58 Å². The highest BCUT2D eigenvalue weighted by Crippen LogP contribution is 2.04. The Kier molecular flexibility index (Phi) is 7.41. The Hall–Kier alpha value is -0.590. The molecule has 1 unspecified atom stereocenters. The van der Waals surface area contributed by atoms with Crippen molar-refractivity contribution in [3.8, 4) is 0 Å². The largest absolute Gasteiger partial charge is 0.462 e. The number of hydrogen-bond donors (Lipinski definition) is 0. The number of hydrogen-bond acceptors (Lipinski definition) is 5. The first-order valence-corrected chi connectivity index (χ1v) is 7.19. The first-order valence-electron chi connectivity index (χ1n) is 5.08. The van der Waals surface area contributed by atoms with Crippen molar-refractivity contribution < 1.29 is 22.1 Å². The van der Waals surface area contributed by atoms with Gasteiger partial charge in [0, 0.05) is 11.5 Å². The molecular formula is C10H17ClO5S. The molecule has 17 heavy (non-hydrogen) atoms. The van der Waals surface area contributed by atoms with E-state index in [0.717, 1.165) is 0 Å². The van der Waals surface area contributed by atoms with Crippen LogP contribution in [0, 0.1) is 0 Å². The van der Waals surface area contributed by atoms with Gasteiger partial charge in [-0.15, -0.1) is 11.6 Å². The standard InChI is InChI=1S/C10H17ClO5S/c1-8(2)10(12)15-5-4-6-17(13,14)16-9(3)7-11/h9H,1,4-7H2,2-3H3. The van der Waals surface area contributed by atoms with Crippen LogP contribution in [-0.4, -0.2) is 38.7 Å². The van der Waals surface area contributed by atoms with Crippen molar-refractivity contribution in [2.24, 2.45) is 0 Å². The Balaban J connectivity index is 3.88. The van der Waals surface area contributed by atoms with Crippen molar-refractivity contribution in [3.63, 3.8) is 0 Å². The summed E-state index contributed by atoms with van der Waals surface area (Å²) in [6.07, 6.45) is -0.379. The van der Waals surface area contributed by atoms with E-state index in [0.29, 0.717) is 0 Å². The molecular weight excluding hydrogens is 268 g/mol. The molecule has 0 aliphatic rings. The summed E-state index contributed by atoms with van der Waals surface area (Å²) >= 11 is 5.43. The lowest BCUT2D eigenvalue weighted by Crippen LogP contribution is -2.20. The minimum absolute atomic E-state index is 0.0174. The van der Waals surface area contributed by atoms with Gasteiger partial charge in [0.25, 0.3) is 10.1 Å². The second kappa shape index (κ2) is 7.68. The minimum atomic E-state index is -3.61. The molecule has 0 saturated carbocycles. The van der Waals surface area contributed by atoms with Crippen LogP contribution in [0.1, 0.15) is 20.3 Å². The van der Waals surface area contributed by atoms with Crippen LogP contribution in [0.15, 0.2) is 12.2 Å². The maximum absolute atomic E-state index is 11.3. The third kappa shape index (κ3) is 8.18. The molecule has 0 aromatic rings. The topological polar surface area (TPSA) is 69.7 Å². The van der Waals surface area contributed by atoms with Gasteiger partial charge >= 0.3 is 5.97 Å². The number of esters is 1. The zero-order valence-corrected chi connectivity index (χ0v) is 11.5. The molecule has 5 nitrogen and oxygen atoms in total. The molecule has 0 aromatic heterocycles. The summed E-state index contributed by atoms with van der Waals surface area (Å²) in [5.41, 5.74) is 0.278. The monoisotopic (exact) mass is 284 g/mol. The highest BCUT2D eigenvalue weighted by Gasteiger charge is 2.15. The second-order valence-electron chi connectivity index (χ2n) is 3.59. The smallest absolute Gasteiger partial charge is 0.333 e. The Morgan fingerprint density at radius 1 is 1.47 bits per heavy atom. The fourth-order valence-corrected chi connectivity index (χ4v) is 2.12. The van der Waals surface area contributed by atoms with Crippen LogP contribution in [-0.2, 0) is 23.8 Å². The number of halogens is 1. The van der Waals surface area contributed by atoms with Crippen LogP contribution in [0.5, 0.6) is 0 Å². The third-order valence-electron chi connectivity index (χ3n) is 1.65. The van der Waals surface area contributed by atoms with Gasteiger partial charge in [0.1, 0.15) is 0 Å². The Labute approximate surface area is 107 Å². The molecule has 7 heteroatoms. The van der Waals surface area contributed by atoms with Gasteiger partial charge in [-0.2, -0.15) is 8.42 Å². The lowest BCUT2D eigenvalue weighted by molar-refractivity contribution is -0.138. The third-order valence-corrected chi connectivity index (χ3v) is 3.49. The summed E-state index contributed by atoms with van der Waals surface area (Å²) < 4.78 is 32.1. The number of carbonyl (C=O) groups is 1. The van der Waals surface area contributed by atoms with E-state index in [4.69, 9.17) is 20.5 Å². The summed E-state index contributed by atoms with van der Waals surface area (Å²) in [7, 11) is -3.61. The van der Waals surface area contributed by atoms with Crippen LogP contribution in [0.4, 0.5) is 0 Å². The van der Waals surface area contributed by atoms with Gasteiger partial charge in [-0.05, 0) is 20.3 Å². The predicted octanol–water partition coefficient (Wildman–Crippen LogP) is 1.47. The van der Waals surface area contributed by atoms with Gasteiger partial charge in [-0.1, -0.05) is 6.58 Å². The van der Waals surface area contributed by atoms with Crippen molar-refractivity contribution in [3.05, 3.63) is 12.2 Å². The van der Waals surface area contributed by atoms with E-state index >= 15 is 0 Å². The maximum atomic E-state index is 11.3. The fraction of sp³-hybridized carbons (Fsp3) is 0.700. The van der Waals surface area contributed by atoms with Crippen molar-refractivity contribution in [2.75, 3.05) is 18.2 Å². The van der Waals surface area contributed by atoms with Crippen LogP contribution in [0.25, 0.3) is 0 Å². The van der Waals surface area contributed by atoms with E-state index in [1.165, 1.54) is 6.92 Å². The Morgan fingerprint density at radius 3 is 2.53 bits per heavy atom. The molecule has 0 aromatic carbocycles. The SMILES string of the molecule is C=C(C)C(=O)OCCCS(=O)(=O)OC(C)CCl. The highest BCUT2D eigenvalue weighted by atomic mass is 35.5. The summed E-state index contributed by atoms with van der Waals surface area (Å²) in [5.74, 6) is -0.640. The second-order valence-corrected chi connectivity index (χ2v) is 5.62. The van der Waals surface area contributed by atoms with E-state index < -0.39 is 22.2 Å². The van der Waals surface area contributed by atoms with Gasteiger partial charge < -0.3 is 4.74 Å². The molecule has 0 bridgehead atoms. The normalized spacial score (nSPS) is 13.1. The van der Waals surface area contributed by atoms with Crippen molar-refractivity contribution >= 4 is 27.7 Å². The molecule has 0 amide bonds. The van der Waals surface area contributed by atoms with E-state index in [1.54, 1.807) is 6.92 Å². The molecule has 0 saturated heterocycles. The first-order chi connectivity index (χ1) is 7.78. The average molecular weight is 285 g/mol. The molecule has 0 radical (unpaired) electrons.